The van der Waals surface area contributed by atoms with Crippen molar-refractivity contribution >= 4 is 22.5 Å². The van der Waals surface area contributed by atoms with E-state index in [-0.39, 0.29) is 5.91 Å². The van der Waals surface area contributed by atoms with Gasteiger partial charge in [-0.2, -0.15) is 5.10 Å². The van der Waals surface area contributed by atoms with Gasteiger partial charge in [0.1, 0.15) is 11.4 Å². The third kappa shape index (κ3) is 4.88. The molecule has 3 N–H and O–H groups in total. The van der Waals surface area contributed by atoms with Crippen molar-refractivity contribution in [2.45, 2.75) is 20.4 Å². The molecule has 39 heavy (non-hydrogen) atoms. The van der Waals surface area contributed by atoms with Crippen LogP contribution in [-0.4, -0.2) is 68.7 Å². The fraction of sp³-hybridized carbons (Fsp3) is 0.267. The van der Waals surface area contributed by atoms with Crippen LogP contribution in [0.5, 0.6) is 0 Å². The van der Waals surface area contributed by atoms with Crippen LogP contribution in [0.1, 0.15) is 28.5 Å². The van der Waals surface area contributed by atoms with Gasteiger partial charge in [0.05, 0.1) is 11.7 Å². The monoisotopic (exact) mass is 520 g/mol. The molecule has 1 amide bonds. The number of benzene rings is 2. The molecule has 2 aromatic carbocycles. The zero-order chi connectivity index (χ0) is 26.8. The predicted molar refractivity (Wildman–Crippen MR) is 154 cm³/mol. The number of pyridine rings is 1. The van der Waals surface area contributed by atoms with E-state index < -0.39 is 0 Å². The predicted octanol–water partition coefficient (Wildman–Crippen LogP) is 4.40. The Morgan fingerprint density at radius 2 is 1.85 bits per heavy atom. The van der Waals surface area contributed by atoms with Crippen molar-refractivity contribution in [1.29, 1.82) is 0 Å². The zero-order valence-electron chi connectivity index (χ0n) is 22.2. The van der Waals surface area contributed by atoms with Crippen molar-refractivity contribution in [2.75, 3.05) is 37.6 Å². The van der Waals surface area contributed by atoms with Crippen LogP contribution in [0.25, 0.3) is 33.5 Å². The molecule has 6 rings (SSSR count). The summed E-state index contributed by atoms with van der Waals surface area (Å²) in [6.07, 6.45) is 5.45. The molecule has 0 saturated carbocycles. The summed E-state index contributed by atoms with van der Waals surface area (Å²) in [5, 5.41) is 12.0. The van der Waals surface area contributed by atoms with E-state index in [9.17, 15) is 4.79 Å². The Hall–Kier alpha value is -4.50. The van der Waals surface area contributed by atoms with Gasteiger partial charge in [-0.05, 0) is 54.4 Å². The normalized spacial score (nSPS) is 13.8. The largest absolute Gasteiger partial charge is 0.368 e. The number of para-hydroxylation sites is 1. The number of anilines is 1. The Bertz CT molecular complexity index is 1600. The number of hydrogen-bond donors (Lipinski definition) is 3. The molecule has 1 saturated heterocycles. The van der Waals surface area contributed by atoms with Crippen molar-refractivity contribution in [3.63, 3.8) is 0 Å². The summed E-state index contributed by atoms with van der Waals surface area (Å²) in [5.41, 5.74) is 7.79. The molecule has 0 atom stereocenters. The van der Waals surface area contributed by atoms with Crippen molar-refractivity contribution in [3.05, 3.63) is 83.9 Å². The quantitative estimate of drug-likeness (QED) is 0.294. The molecule has 0 bridgehead atoms. The first-order chi connectivity index (χ1) is 19.1. The van der Waals surface area contributed by atoms with Crippen LogP contribution >= 0.6 is 0 Å². The molecular weight excluding hydrogens is 488 g/mol. The molecule has 1 aliphatic rings. The minimum Gasteiger partial charge on any atom is -0.368 e. The number of carbonyl (C=O) groups is 1. The summed E-state index contributed by atoms with van der Waals surface area (Å²) in [7, 11) is 0. The fourth-order valence-corrected chi connectivity index (χ4v) is 5.19. The number of nitrogens with zero attached hydrogens (tertiary/aromatic N) is 5. The van der Waals surface area contributed by atoms with Gasteiger partial charge in [0.2, 0.25) is 0 Å². The number of H-pyrrole nitrogens is 2. The maximum atomic E-state index is 13.3. The van der Waals surface area contributed by atoms with Crippen LogP contribution in [0.4, 0.5) is 5.69 Å². The molecule has 9 nitrogen and oxygen atoms in total. The lowest BCUT2D eigenvalue weighted by molar-refractivity contribution is 0.0741. The van der Waals surface area contributed by atoms with Crippen LogP contribution < -0.4 is 10.2 Å². The van der Waals surface area contributed by atoms with E-state index >= 15 is 0 Å². The van der Waals surface area contributed by atoms with Gasteiger partial charge in [-0.1, -0.05) is 31.2 Å². The number of fused-ring (bicyclic) bond motifs is 1. The molecule has 3 aromatic heterocycles. The third-order valence-electron chi connectivity index (χ3n) is 7.48. The molecule has 0 spiro atoms. The maximum Gasteiger partial charge on any atom is 0.272 e. The molecule has 5 aromatic rings. The number of piperazine rings is 1. The second kappa shape index (κ2) is 10.7. The van der Waals surface area contributed by atoms with Gasteiger partial charge in [0.25, 0.3) is 5.91 Å². The summed E-state index contributed by atoms with van der Waals surface area (Å²) in [4.78, 5) is 29.7. The molecule has 0 unspecified atom stereocenters. The van der Waals surface area contributed by atoms with Gasteiger partial charge in [0.15, 0.2) is 5.82 Å². The van der Waals surface area contributed by atoms with E-state index in [1.807, 2.05) is 41.6 Å². The lowest BCUT2D eigenvalue weighted by Crippen LogP contribution is -2.48. The van der Waals surface area contributed by atoms with Gasteiger partial charge in [-0.25, -0.2) is 4.98 Å². The van der Waals surface area contributed by atoms with Crippen molar-refractivity contribution in [3.8, 4) is 22.6 Å². The second-order valence-electron chi connectivity index (χ2n) is 9.84. The lowest BCUT2D eigenvalue weighted by Gasteiger charge is -2.35. The first-order valence-electron chi connectivity index (χ1n) is 13.4. The average molecular weight is 521 g/mol. The zero-order valence-corrected chi connectivity index (χ0v) is 22.2. The van der Waals surface area contributed by atoms with Gasteiger partial charge in [0, 0.05) is 61.8 Å². The fourth-order valence-electron chi connectivity index (χ4n) is 5.19. The Kier molecular flexibility index (Phi) is 6.81. The summed E-state index contributed by atoms with van der Waals surface area (Å²) >= 11 is 0. The van der Waals surface area contributed by atoms with Crippen LogP contribution in [0, 0.1) is 6.92 Å². The van der Waals surface area contributed by atoms with Gasteiger partial charge >= 0.3 is 0 Å². The summed E-state index contributed by atoms with van der Waals surface area (Å²) in [6, 6.07) is 16.5. The summed E-state index contributed by atoms with van der Waals surface area (Å²) in [5.74, 6) is 0.529. The minimum atomic E-state index is -0.0406. The average Bonchev–Trinajstić information content (AvgIpc) is 3.64. The number of imidazole rings is 1. The van der Waals surface area contributed by atoms with E-state index in [1.165, 1.54) is 16.8 Å². The number of hydrogen-bond acceptors (Lipinski definition) is 6. The standard InChI is InChI=1S/C30H32N8O/c1-3-31-16-22-17-32-18-25(20(22)2)21-9-10-26-24(15-21)28(36-35-26)29-33-19-27(34-29)30(39)38-13-11-37(12-14-38)23-7-5-4-6-8-23/h4-10,15,17-19,31H,3,11-14,16H2,1-2H3,(H,33,34)(H,35,36). The number of amides is 1. The molecule has 1 fully saturated rings. The van der Waals surface area contributed by atoms with E-state index in [4.69, 9.17) is 0 Å². The highest BCUT2D eigenvalue weighted by Gasteiger charge is 2.24. The Balaban J connectivity index is 1.22. The highest BCUT2D eigenvalue weighted by atomic mass is 16.2. The smallest absolute Gasteiger partial charge is 0.272 e. The van der Waals surface area contributed by atoms with Crippen LogP contribution in [-0.2, 0) is 6.54 Å². The van der Waals surface area contributed by atoms with E-state index in [2.05, 4.69) is 73.5 Å². The SMILES string of the molecule is CCNCc1cncc(-c2ccc3[nH]nc(-c4ncc(C(=O)N5CCN(c6ccccc6)CC5)[nH]4)c3c2)c1C. The third-order valence-corrected chi connectivity index (χ3v) is 7.48. The molecule has 198 valence electrons. The lowest BCUT2D eigenvalue weighted by atomic mass is 9.98. The first-order valence-corrected chi connectivity index (χ1v) is 13.4. The number of nitrogens with one attached hydrogen (secondary N) is 3. The molecule has 4 heterocycles. The maximum absolute atomic E-state index is 13.3. The topological polar surface area (TPSA) is 106 Å². The molecule has 1 aliphatic heterocycles. The van der Waals surface area contributed by atoms with E-state index in [0.29, 0.717) is 30.3 Å². The van der Waals surface area contributed by atoms with Gasteiger partial charge in [-0.15, -0.1) is 0 Å². The minimum absolute atomic E-state index is 0.0406. The van der Waals surface area contributed by atoms with Crippen LogP contribution in [0.3, 0.4) is 0 Å². The Morgan fingerprint density at radius 1 is 1.03 bits per heavy atom. The van der Waals surface area contributed by atoms with Crippen molar-refractivity contribution in [1.82, 2.24) is 35.4 Å². The summed E-state index contributed by atoms with van der Waals surface area (Å²) in [6.45, 7) is 8.85. The number of aromatic nitrogens is 5. The van der Waals surface area contributed by atoms with Crippen molar-refractivity contribution in [2.24, 2.45) is 0 Å². The number of aromatic amines is 2. The molecule has 0 radical (unpaired) electrons. The van der Waals surface area contributed by atoms with Gasteiger partial charge in [-0.3, -0.25) is 14.9 Å². The molecular formula is C30H32N8O. The van der Waals surface area contributed by atoms with Crippen LogP contribution in [0.15, 0.2) is 67.1 Å². The first kappa shape index (κ1) is 24.8. The van der Waals surface area contributed by atoms with E-state index in [1.54, 1.807) is 6.20 Å². The Labute approximate surface area is 227 Å². The van der Waals surface area contributed by atoms with Gasteiger partial charge < -0.3 is 20.1 Å². The van der Waals surface area contributed by atoms with Crippen molar-refractivity contribution < 1.29 is 4.79 Å². The van der Waals surface area contributed by atoms with Crippen LogP contribution in [0.2, 0.25) is 0 Å². The number of carbonyl (C=O) groups excluding carboxylic acids is 1. The number of rotatable bonds is 7. The van der Waals surface area contributed by atoms with E-state index in [0.717, 1.165) is 48.2 Å². The Morgan fingerprint density at radius 3 is 2.64 bits per heavy atom. The second-order valence-corrected chi connectivity index (χ2v) is 9.84. The highest BCUT2D eigenvalue weighted by molar-refractivity contribution is 5.96. The highest BCUT2D eigenvalue weighted by Crippen LogP contribution is 2.31. The molecule has 0 aliphatic carbocycles. The molecule has 9 heteroatoms. The summed E-state index contributed by atoms with van der Waals surface area (Å²) < 4.78 is 0.